The molecule has 0 fully saturated rings. The molecule has 31 heavy (non-hydrogen) atoms. The van der Waals surface area contributed by atoms with Crippen LogP contribution in [0.15, 0.2) is 36.8 Å². The van der Waals surface area contributed by atoms with Crippen molar-refractivity contribution in [3.63, 3.8) is 0 Å². The van der Waals surface area contributed by atoms with E-state index in [9.17, 15) is 9.18 Å². The maximum Gasteiger partial charge on any atom is 0.303 e. The molecule has 3 N–H and O–H groups in total. The van der Waals surface area contributed by atoms with E-state index in [2.05, 4.69) is 15.6 Å². The molecule has 10 heteroatoms. The highest BCUT2D eigenvalue weighted by atomic mass is 35.5. The number of ether oxygens (including phenoxy) is 1. The summed E-state index contributed by atoms with van der Waals surface area (Å²) < 4.78 is 20.4. The van der Waals surface area contributed by atoms with Crippen LogP contribution in [0.25, 0.3) is 16.7 Å². The number of aryl methyl sites for hydroxylation is 1. The second-order valence-electron chi connectivity index (χ2n) is 7.29. The fraction of sp³-hybridized carbons (Fsp3) is 0.238. The van der Waals surface area contributed by atoms with E-state index in [4.69, 9.17) is 26.3 Å². The summed E-state index contributed by atoms with van der Waals surface area (Å²) in [5.74, 6) is -0.667. The Hall–Kier alpha value is -3.30. The molecule has 1 aliphatic heterocycles. The average Bonchev–Trinajstić information content (AvgIpc) is 3.34. The highest BCUT2D eigenvalue weighted by Crippen LogP contribution is 2.32. The molecule has 3 aromatic rings. The van der Waals surface area contributed by atoms with Crippen LogP contribution in [0.3, 0.4) is 0 Å². The Balaban J connectivity index is 1.59. The van der Waals surface area contributed by atoms with Gasteiger partial charge in [0.2, 0.25) is 5.88 Å². The molecule has 0 bridgehead atoms. The molecule has 4 rings (SSSR count). The molecule has 0 saturated carbocycles. The standard InChI is InChI=1S/C21H20ClFN4O4/c1-11(2)30-21-15(22)5-13(9-25-21)19-10-27(26-31-19)18-7-17-14(6-16(18)23)12(8-24-17)3-4-20(28)29/h5-11,24,26H,3-4H2,1-2H3,(H,28,29). The van der Waals surface area contributed by atoms with E-state index in [0.29, 0.717) is 39.5 Å². The van der Waals surface area contributed by atoms with Crippen molar-refractivity contribution < 1.29 is 23.9 Å². The van der Waals surface area contributed by atoms with Gasteiger partial charge in [0.25, 0.3) is 0 Å². The summed E-state index contributed by atoms with van der Waals surface area (Å²) >= 11 is 6.24. The van der Waals surface area contributed by atoms with Gasteiger partial charge in [0.1, 0.15) is 10.8 Å². The first-order chi connectivity index (χ1) is 14.8. The number of aromatic amines is 1. The van der Waals surface area contributed by atoms with Crippen molar-refractivity contribution in [2.75, 3.05) is 5.01 Å². The molecule has 8 nitrogen and oxygen atoms in total. The van der Waals surface area contributed by atoms with Crippen LogP contribution in [0, 0.1) is 5.82 Å². The highest BCUT2D eigenvalue weighted by Gasteiger charge is 2.22. The predicted molar refractivity (Wildman–Crippen MR) is 114 cm³/mol. The largest absolute Gasteiger partial charge is 0.481 e. The molecule has 0 saturated heterocycles. The Morgan fingerprint density at radius 2 is 2.19 bits per heavy atom. The molecule has 0 aliphatic carbocycles. The van der Waals surface area contributed by atoms with Crippen molar-refractivity contribution in [2.24, 2.45) is 0 Å². The van der Waals surface area contributed by atoms with E-state index < -0.39 is 11.8 Å². The Labute approximate surface area is 182 Å². The maximum atomic E-state index is 14.8. The number of nitrogens with one attached hydrogen (secondary N) is 2. The minimum absolute atomic E-state index is 0.0263. The van der Waals surface area contributed by atoms with Gasteiger partial charge in [-0.25, -0.2) is 14.4 Å². The van der Waals surface area contributed by atoms with Crippen molar-refractivity contribution in [3.05, 3.63) is 58.8 Å². The summed E-state index contributed by atoms with van der Waals surface area (Å²) in [5.41, 5.74) is 4.89. The van der Waals surface area contributed by atoms with Gasteiger partial charge in [-0.05, 0) is 44.0 Å². The number of aromatic nitrogens is 2. The number of hydrogen-bond donors (Lipinski definition) is 3. The SMILES string of the molecule is CC(C)Oc1ncc(C2=CN(c3cc4[nH]cc(CCC(=O)O)c4cc3F)NO2)cc1Cl. The number of H-pyrrole nitrogens is 1. The molecule has 1 aliphatic rings. The van der Waals surface area contributed by atoms with E-state index in [0.717, 1.165) is 5.56 Å². The third-order valence-electron chi connectivity index (χ3n) is 4.64. The predicted octanol–water partition coefficient (Wildman–Crippen LogP) is 4.41. The number of rotatable bonds is 7. The van der Waals surface area contributed by atoms with Gasteiger partial charge in [0, 0.05) is 35.3 Å². The van der Waals surface area contributed by atoms with E-state index in [1.807, 2.05) is 13.8 Å². The second kappa shape index (κ2) is 8.44. The molecular weight excluding hydrogens is 427 g/mol. The number of carboxylic acid groups (broad SMARTS) is 1. The van der Waals surface area contributed by atoms with Gasteiger partial charge >= 0.3 is 5.97 Å². The van der Waals surface area contributed by atoms with E-state index in [1.165, 1.54) is 11.1 Å². The van der Waals surface area contributed by atoms with Gasteiger partial charge in [-0.1, -0.05) is 17.2 Å². The highest BCUT2D eigenvalue weighted by molar-refractivity contribution is 6.32. The number of benzene rings is 1. The Morgan fingerprint density at radius 3 is 2.90 bits per heavy atom. The van der Waals surface area contributed by atoms with Gasteiger partial charge in [0.05, 0.1) is 18.0 Å². The van der Waals surface area contributed by atoms with Gasteiger partial charge < -0.3 is 19.7 Å². The fourth-order valence-electron chi connectivity index (χ4n) is 3.21. The van der Waals surface area contributed by atoms with Gasteiger partial charge in [0.15, 0.2) is 5.76 Å². The van der Waals surface area contributed by atoms with E-state index >= 15 is 0 Å². The van der Waals surface area contributed by atoms with Gasteiger partial charge in [-0.2, -0.15) is 0 Å². The number of aliphatic carboxylic acids is 1. The third-order valence-corrected chi connectivity index (χ3v) is 4.91. The Bertz CT molecular complexity index is 1180. The summed E-state index contributed by atoms with van der Waals surface area (Å²) in [6, 6.07) is 4.65. The Kier molecular flexibility index (Phi) is 5.71. The van der Waals surface area contributed by atoms with Crippen LogP contribution in [-0.2, 0) is 16.1 Å². The van der Waals surface area contributed by atoms with Crippen LogP contribution in [0.2, 0.25) is 5.02 Å². The summed E-state index contributed by atoms with van der Waals surface area (Å²) in [5, 5.41) is 11.3. The number of anilines is 1. The van der Waals surface area contributed by atoms with Gasteiger partial charge in [-0.3, -0.25) is 4.79 Å². The topological polar surface area (TPSA) is 99.7 Å². The molecule has 0 atom stereocenters. The number of fused-ring (bicyclic) bond motifs is 1. The molecule has 3 heterocycles. The summed E-state index contributed by atoms with van der Waals surface area (Å²) in [4.78, 5) is 23.6. The second-order valence-corrected chi connectivity index (χ2v) is 7.70. The number of carboxylic acids is 1. The van der Waals surface area contributed by atoms with Crippen molar-refractivity contribution in [1.82, 2.24) is 15.6 Å². The Morgan fingerprint density at radius 1 is 1.39 bits per heavy atom. The lowest BCUT2D eigenvalue weighted by Gasteiger charge is -2.14. The number of carbonyl (C=O) groups is 1. The first-order valence-electron chi connectivity index (χ1n) is 9.59. The lowest BCUT2D eigenvalue weighted by molar-refractivity contribution is -0.136. The lowest BCUT2D eigenvalue weighted by atomic mass is 10.1. The third kappa shape index (κ3) is 4.42. The zero-order valence-electron chi connectivity index (χ0n) is 16.8. The van der Waals surface area contributed by atoms with Crippen molar-refractivity contribution in [3.8, 4) is 5.88 Å². The number of halogens is 2. The average molecular weight is 447 g/mol. The molecule has 0 radical (unpaired) electrons. The zero-order valence-corrected chi connectivity index (χ0v) is 17.5. The van der Waals surface area contributed by atoms with Crippen LogP contribution in [-0.4, -0.2) is 27.1 Å². The normalized spacial score (nSPS) is 13.6. The minimum Gasteiger partial charge on any atom is -0.481 e. The quantitative estimate of drug-likeness (QED) is 0.494. The fourth-order valence-corrected chi connectivity index (χ4v) is 3.42. The van der Waals surface area contributed by atoms with E-state index in [-0.39, 0.29) is 18.2 Å². The summed E-state index contributed by atoms with van der Waals surface area (Å²) in [6.07, 6.45) is 5.05. The van der Waals surface area contributed by atoms with Crippen LogP contribution in [0.1, 0.15) is 31.4 Å². The van der Waals surface area contributed by atoms with Gasteiger partial charge in [-0.15, -0.1) is 0 Å². The smallest absolute Gasteiger partial charge is 0.303 e. The van der Waals surface area contributed by atoms with Crippen molar-refractivity contribution in [1.29, 1.82) is 0 Å². The molecule has 2 aromatic heterocycles. The molecule has 0 unspecified atom stereocenters. The van der Waals surface area contributed by atoms with Crippen molar-refractivity contribution >= 4 is 39.9 Å². The lowest BCUT2D eigenvalue weighted by Crippen LogP contribution is -2.27. The van der Waals surface area contributed by atoms with Crippen molar-refractivity contribution in [2.45, 2.75) is 32.8 Å². The first-order valence-corrected chi connectivity index (χ1v) is 9.97. The monoisotopic (exact) mass is 446 g/mol. The molecule has 1 aromatic carbocycles. The van der Waals surface area contributed by atoms with Crippen LogP contribution in [0.5, 0.6) is 5.88 Å². The molecule has 0 spiro atoms. The number of hydrazine groups is 1. The molecule has 0 amide bonds. The molecular formula is C21H20ClFN4O4. The number of pyridine rings is 1. The number of hydrogen-bond acceptors (Lipinski definition) is 6. The molecule has 162 valence electrons. The van der Waals surface area contributed by atoms with E-state index in [1.54, 1.807) is 30.7 Å². The van der Waals surface area contributed by atoms with Crippen LogP contribution >= 0.6 is 11.6 Å². The summed E-state index contributed by atoms with van der Waals surface area (Å²) in [7, 11) is 0. The zero-order chi connectivity index (χ0) is 22.1. The minimum atomic E-state index is -0.902. The maximum absolute atomic E-state index is 14.8. The van der Waals surface area contributed by atoms with Crippen LogP contribution in [0.4, 0.5) is 10.1 Å². The van der Waals surface area contributed by atoms with Crippen LogP contribution < -0.4 is 15.3 Å². The summed E-state index contributed by atoms with van der Waals surface area (Å²) in [6.45, 7) is 3.75. The first kappa shape index (κ1) is 21.0. The number of nitrogens with zero attached hydrogens (tertiary/aromatic N) is 2.